The Balaban J connectivity index is 1.69. The highest BCUT2D eigenvalue weighted by Gasteiger charge is 2.16. The summed E-state index contributed by atoms with van der Waals surface area (Å²) in [6.07, 6.45) is 0. The van der Waals surface area contributed by atoms with Crippen LogP contribution in [0.4, 0.5) is 5.69 Å². The highest BCUT2D eigenvalue weighted by Crippen LogP contribution is 2.19. The lowest BCUT2D eigenvalue weighted by molar-refractivity contribution is 0.103. The zero-order valence-corrected chi connectivity index (χ0v) is 13.0. The Hall–Kier alpha value is -2.13. The quantitative estimate of drug-likeness (QED) is 0.810. The Morgan fingerprint density at radius 2 is 1.45 bits per heavy atom. The van der Waals surface area contributed by atoms with Crippen LogP contribution >= 0.6 is 0 Å². The standard InChI is InChI=1S/C19H22N2O/c1-2-20-12-14-21(15-13-20)18-10-8-17(9-11-18)19(22)16-6-4-3-5-7-16/h3-11H,2,12-15H2,1H3. The fourth-order valence-electron chi connectivity index (χ4n) is 2.90. The van der Waals surface area contributed by atoms with Crippen molar-refractivity contribution in [3.8, 4) is 0 Å². The van der Waals surface area contributed by atoms with Gasteiger partial charge in [-0.3, -0.25) is 4.79 Å². The Bertz CT molecular complexity index is 614. The fourth-order valence-corrected chi connectivity index (χ4v) is 2.90. The summed E-state index contributed by atoms with van der Waals surface area (Å²) in [5.74, 6) is 0.0861. The van der Waals surface area contributed by atoms with Crippen LogP contribution < -0.4 is 4.90 Å². The van der Waals surface area contributed by atoms with E-state index in [1.807, 2.05) is 42.5 Å². The molecule has 0 radical (unpaired) electrons. The molecule has 1 aliphatic rings. The largest absolute Gasteiger partial charge is 0.369 e. The second-order valence-corrected chi connectivity index (χ2v) is 5.66. The molecule has 3 rings (SSSR count). The molecule has 0 aliphatic carbocycles. The summed E-state index contributed by atoms with van der Waals surface area (Å²) in [4.78, 5) is 17.2. The number of piperazine rings is 1. The second kappa shape index (κ2) is 6.75. The summed E-state index contributed by atoms with van der Waals surface area (Å²) < 4.78 is 0. The number of nitrogens with zero attached hydrogens (tertiary/aromatic N) is 2. The van der Waals surface area contributed by atoms with E-state index in [0.29, 0.717) is 0 Å². The van der Waals surface area contributed by atoms with Gasteiger partial charge in [0.15, 0.2) is 5.78 Å². The molecule has 0 spiro atoms. The number of hydrogen-bond acceptors (Lipinski definition) is 3. The van der Waals surface area contributed by atoms with E-state index in [2.05, 4.69) is 28.9 Å². The summed E-state index contributed by atoms with van der Waals surface area (Å²) in [5, 5.41) is 0. The van der Waals surface area contributed by atoms with Gasteiger partial charge in [-0.25, -0.2) is 0 Å². The van der Waals surface area contributed by atoms with E-state index in [0.717, 1.165) is 43.9 Å². The van der Waals surface area contributed by atoms with Crippen LogP contribution in [0, 0.1) is 0 Å². The molecule has 0 N–H and O–H groups in total. The number of likely N-dealkylation sites (N-methyl/N-ethyl adjacent to an activating group) is 1. The lowest BCUT2D eigenvalue weighted by atomic mass is 10.0. The first-order chi connectivity index (χ1) is 10.8. The number of ketones is 1. The molecule has 0 atom stereocenters. The first-order valence-electron chi connectivity index (χ1n) is 7.95. The number of carbonyl (C=O) groups excluding carboxylic acids is 1. The monoisotopic (exact) mass is 294 g/mol. The summed E-state index contributed by atoms with van der Waals surface area (Å²) >= 11 is 0. The van der Waals surface area contributed by atoms with Gasteiger partial charge in [0.2, 0.25) is 0 Å². The molecule has 2 aromatic carbocycles. The van der Waals surface area contributed by atoms with E-state index in [-0.39, 0.29) is 5.78 Å². The van der Waals surface area contributed by atoms with Crippen LogP contribution in [0.15, 0.2) is 54.6 Å². The molecule has 22 heavy (non-hydrogen) atoms. The zero-order chi connectivity index (χ0) is 15.4. The van der Waals surface area contributed by atoms with Gasteiger partial charge in [0.1, 0.15) is 0 Å². The normalized spacial score (nSPS) is 15.8. The van der Waals surface area contributed by atoms with Crippen molar-refractivity contribution in [3.63, 3.8) is 0 Å². The maximum atomic E-state index is 12.4. The van der Waals surface area contributed by atoms with Crippen molar-refractivity contribution in [2.75, 3.05) is 37.6 Å². The summed E-state index contributed by atoms with van der Waals surface area (Å²) in [6.45, 7) is 7.67. The molecule has 114 valence electrons. The first-order valence-corrected chi connectivity index (χ1v) is 7.95. The second-order valence-electron chi connectivity index (χ2n) is 5.66. The van der Waals surface area contributed by atoms with Gasteiger partial charge in [-0.1, -0.05) is 37.3 Å². The predicted octanol–water partition coefficient (Wildman–Crippen LogP) is 3.06. The van der Waals surface area contributed by atoms with E-state index in [4.69, 9.17) is 0 Å². The van der Waals surface area contributed by atoms with Crippen molar-refractivity contribution < 1.29 is 4.79 Å². The van der Waals surface area contributed by atoms with Crippen LogP contribution in [0.25, 0.3) is 0 Å². The van der Waals surface area contributed by atoms with Crippen molar-refractivity contribution in [2.45, 2.75) is 6.92 Å². The molecule has 0 unspecified atom stereocenters. The van der Waals surface area contributed by atoms with Gasteiger partial charge >= 0.3 is 0 Å². The summed E-state index contributed by atoms with van der Waals surface area (Å²) in [6, 6.07) is 17.5. The number of hydrogen-bond donors (Lipinski definition) is 0. The lowest BCUT2D eigenvalue weighted by Crippen LogP contribution is -2.46. The minimum Gasteiger partial charge on any atom is -0.369 e. The van der Waals surface area contributed by atoms with Gasteiger partial charge in [-0.2, -0.15) is 0 Å². The van der Waals surface area contributed by atoms with Crippen molar-refractivity contribution in [3.05, 3.63) is 65.7 Å². The molecule has 3 nitrogen and oxygen atoms in total. The third-order valence-corrected chi connectivity index (χ3v) is 4.35. The topological polar surface area (TPSA) is 23.6 Å². The molecule has 0 bridgehead atoms. The smallest absolute Gasteiger partial charge is 0.193 e. The highest BCUT2D eigenvalue weighted by molar-refractivity contribution is 6.09. The molecule has 0 aromatic heterocycles. The van der Waals surface area contributed by atoms with Crippen LogP contribution in [-0.4, -0.2) is 43.4 Å². The Kier molecular flexibility index (Phi) is 4.54. The van der Waals surface area contributed by atoms with Gasteiger partial charge in [0.25, 0.3) is 0 Å². The van der Waals surface area contributed by atoms with E-state index < -0.39 is 0 Å². The van der Waals surface area contributed by atoms with Crippen LogP contribution in [0.3, 0.4) is 0 Å². The van der Waals surface area contributed by atoms with E-state index in [1.54, 1.807) is 0 Å². The number of anilines is 1. The van der Waals surface area contributed by atoms with Gasteiger partial charge in [0.05, 0.1) is 0 Å². The molecule has 1 fully saturated rings. The Labute approximate surface area is 132 Å². The van der Waals surface area contributed by atoms with Gasteiger partial charge in [-0.05, 0) is 30.8 Å². The molecule has 1 saturated heterocycles. The molecule has 1 heterocycles. The molecular weight excluding hydrogens is 272 g/mol. The number of benzene rings is 2. The Morgan fingerprint density at radius 3 is 2.05 bits per heavy atom. The van der Waals surface area contributed by atoms with Crippen LogP contribution in [0.2, 0.25) is 0 Å². The van der Waals surface area contributed by atoms with Crippen molar-refractivity contribution in [1.29, 1.82) is 0 Å². The lowest BCUT2D eigenvalue weighted by Gasteiger charge is -2.35. The van der Waals surface area contributed by atoms with Crippen molar-refractivity contribution >= 4 is 11.5 Å². The predicted molar refractivity (Wildman–Crippen MR) is 90.6 cm³/mol. The first kappa shape index (κ1) is 14.8. The summed E-state index contributed by atoms with van der Waals surface area (Å²) in [5.41, 5.74) is 2.70. The highest BCUT2D eigenvalue weighted by atomic mass is 16.1. The van der Waals surface area contributed by atoms with E-state index >= 15 is 0 Å². The van der Waals surface area contributed by atoms with Gasteiger partial charge < -0.3 is 9.80 Å². The molecule has 2 aromatic rings. The maximum absolute atomic E-state index is 12.4. The van der Waals surface area contributed by atoms with Crippen molar-refractivity contribution in [2.24, 2.45) is 0 Å². The third-order valence-electron chi connectivity index (χ3n) is 4.35. The number of carbonyl (C=O) groups is 1. The molecule has 0 saturated carbocycles. The van der Waals surface area contributed by atoms with E-state index in [9.17, 15) is 4.79 Å². The van der Waals surface area contributed by atoms with E-state index in [1.165, 1.54) is 5.69 Å². The van der Waals surface area contributed by atoms with Crippen LogP contribution in [0.1, 0.15) is 22.8 Å². The summed E-state index contributed by atoms with van der Waals surface area (Å²) in [7, 11) is 0. The maximum Gasteiger partial charge on any atom is 0.193 e. The minimum absolute atomic E-state index is 0.0861. The fraction of sp³-hybridized carbons (Fsp3) is 0.316. The number of rotatable bonds is 4. The average Bonchev–Trinajstić information content (AvgIpc) is 2.62. The minimum atomic E-state index is 0.0861. The average molecular weight is 294 g/mol. The molecule has 0 amide bonds. The van der Waals surface area contributed by atoms with Crippen LogP contribution in [-0.2, 0) is 0 Å². The molecular formula is C19H22N2O. The van der Waals surface area contributed by atoms with Gasteiger partial charge in [0, 0.05) is 43.0 Å². The zero-order valence-electron chi connectivity index (χ0n) is 13.0. The SMILES string of the molecule is CCN1CCN(c2ccc(C(=O)c3ccccc3)cc2)CC1. The van der Waals surface area contributed by atoms with Gasteiger partial charge in [-0.15, -0.1) is 0 Å². The van der Waals surface area contributed by atoms with Crippen molar-refractivity contribution in [1.82, 2.24) is 4.90 Å². The molecule has 1 aliphatic heterocycles. The Morgan fingerprint density at radius 1 is 0.864 bits per heavy atom. The van der Waals surface area contributed by atoms with Crippen LogP contribution in [0.5, 0.6) is 0 Å². The molecule has 3 heteroatoms. The third kappa shape index (κ3) is 3.20.